The van der Waals surface area contributed by atoms with E-state index < -0.39 is 0 Å². The average Bonchev–Trinajstić information content (AvgIpc) is 3.53. The monoisotopic (exact) mass is 489 g/mol. The van der Waals surface area contributed by atoms with Crippen molar-refractivity contribution in [2.24, 2.45) is 0 Å². The van der Waals surface area contributed by atoms with E-state index in [0.717, 1.165) is 18.6 Å². The number of para-hydroxylation sites is 2. The molecule has 0 spiro atoms. The largest absolute Gasteiger partial charge is 0.488 e. The summed E-state index contributed by atoms with van der Waals surface area (Å²) in [5.74, 6) is 1.43. The fourth-order valence-corrected chi connectivity index (χ4v) is 6.42. The zero-order valence-corrected chi connectivity index (χ0v) is 21.0. The SMILES string of the molecule is C1=CC2c3cccc(-c4ccc5c6ccccc6n(-c6ccc(-c7ccccc7)cc6)c5c4)c3OC2CC1. The first-order chi connectivity index (χ1) is 18.8. The highest BCUT2D eigenvalue weighted by Gasteiger charge is 2.35. The van der Waals surface area contributed by atoms with Crippen LogP contribution in [0.5, 0.6) is 5.75 Å². The normalized spacial score (nSPS) is 17.9. The van der Waals surface area contributed by atoms with Crippen LogP contribution in [-0.2, 0) is 0 Å². The van der Waals surface area contributed by atoms with Gasteiger partial charge in [-0.3, -0.25) is 0 Å². The summed E-state index contributed by atoms with van der Waals surface area (Å²) in [4.78, 5) is 0. The maximum atomic E-state index is 6.58. The van der Waals surface area contributed by atoms with E-state index in [2.05, 4.69) is 132 Å². The third kappa shape index (κ3) is 3.27. The van der Waals surface area contributed by atoms with Gasteiger partial charge in [0.15, 0.2) is 0 Å². The van der Waals surface area contributed by atoms with Crippen LogP contribution in [0, 0.1) is 0 Å². The predicted molar refractivity (Wildman–Crippen MR) is 157 cm³/mol. The summed E-state index contributed by atoms with van der Waals surface area (Å²) in [5, 5.41) is 2.54. The Labute approximate surface area is 222 Å². The van der Waals surface area contributed by atoms with E-state index in [4.69, 9.17) is 4.74 Å². The van der Waals surface area contributed by atoms with Gasteiger partial charge in [0.2, 0.25) is 0 Å². The van der Waals surface area contributed by atoms with Gasteiger partial charge in [0.25, 0.3) is 0 Å². The maximum Gasteiger partial charge on any atom is 0.131 e. The summed E-state index contributed by atoms with van der Waals surface area (Å²) in [6.07, 6.45) is 7.08. The summed E-state index contributed by atoms with van der Waals surface area (Å²) in [5.41, 5.74) is 9.76. The van der Waals surface area contributed by atoms with E-state index in [9.17, 15) is 0 Å². The van der Waals surface area contributed by atoms with Crippen molar-refractivity contribution in [3.05, 3.63) is 133 Å². The number of benzene rings is 5. The lowest BCUT2D eigenvalue weighted by molar-refractivity contribution is 0.205. The van der Waals surface area contributed by atoms with Crippen molar-refractivity contribution in [1.29, 1.82) is 0 Å². The maximum absolute atomic E-state index is 6.58. The van der Waals surface area contributed by atoms with E-state index in [-0.39, 0.29) is 6.10 Å². The van der Waals surface area contributed by atoms with E-state index in [1.807, 2.05) is 0 Å². The molecule has 5 aromatic carbocycles. The summed E-state index contributed by atoms with van der Waals surface area (Å²) in [7, 11) is 0. The first-order valence-electron chi connectivity index (χ1n) is 13.5. The fraction of sp³-hybridized carbons (Fsp3) is 0.111. The fourth-order valence-electron chi connectivity index (χ4n) is 6.42. The van der Waals surface area contributed by atoms with Gasteiger partial charge >= 0.3 is 0 Å². The van der Waals surface area contributed by atoms with Crippen LogP contribution >= 0.6 is 0 Å². The van der Waals surface area contributed by atoms with Gasteiger partial charge in [0.1, 0.15) is 11.9 Å². The van der Waals surface area contributed by atoms with Crippen LogP contribution in [0.15, 0.2) is 127 Å². The van der Waals surface area contributed by atoms with Gasteiger partial charge < -0.3 is 9.30 Å². The number of ether oxygens (including phenoxy) is 1. The molecule has 2 atom stereocenters. The van der Waals surface area contributed by atoms with Crippen molar-refractivity contribution in [2.45, 2.75) is 24.9 Å². The standard InChI is InChI=1S/C36H27NO/c1-2-9-24(10-3-1)25-17-20-27(21-18-25)37-33-15-6-4-11-29(33)30-22-19-26(23-34(30)37)28-13-8-14-32-31-12-5-7-16-35(31)38-36(28)32/h1-6,8-15,17-23,31,35H,7,16H2. The molecule has 1 aliphatic heterocycles. The molecular weight excluding hydrogens is 462 g/mol. The Hall–Kier alpha value is -4.56. The summed E-state index contributed by atoms with van der Waals surface area (Å²) in [6.45, 7) is 0. The average molecular weight is 490 g/mol. The van der Waals surface area contributed by atoms with Crippen LogP contribution in [0.2, 0.25) is 0 Å². The molecule has 2 nitrogen and oxygen atoms in total. The molecule has 2 unspecified atom stereocenters. The molecular formula is C36H27NO. The molecule has 0 bridgehead atoms. The lowest BCUT2D eigenvalue weighted by Crippen LogP contribution is -2.19. The minimum Gasteiger partial charge on any atom is -0.488 e. The molecule has 1 aliphatic carbocycles. The molecule has 8 rings (SSSR count). The van der Waals surface area contributed by atoms with E-state index in [1.54, 1.807) is 0 Å². The molecule has 6 aromatic rings. The zero-order valence-electron chi connectivity index (χ0n) is 21.0. The second kappa shape index (κ2) is 8.49. The molecule has 0 radical (unpaired) electrons. The third-order valence-corrected chi connectivity index (χ3v) is 8.25. The van der Waals surface area contributed by atoms with Gasteiger partial charge in [0, 0.05) is 33.5 Å². The second-order valence-corrected chi connectivity index (χ2v) is 10.4. The molecule has 2 heterocycles. The number of allylic oxidation sites excluding steroid dienone is 1. The number of hydrogen-bond donors (Lipinski definition) is 0. The molecule has 0 amide bonds. The summed E-state index contributed by atoms with van der Waals surface area (Å²) >= 11 is 0. The van der Waals surface area contributed by atoms with Gasteiger partial charge in [-0.25, -0.2) is 0 Å². The van der Waals surface area contributed by atoms with Crippen molar-refractivity contribution in [2.75, 3.05) is 0 Å². The Morgan fingerprint density at radius 2 is 1.39 bits per heavy atom. The first-order valence-corrected chi connectivity index (χ1v) is 13.5. The Balaban J connectivity index is 1.30. The summed E-state index contributed by atoms with van der Waals surface area (Å²) in [6, 6.07) is 41.7. The van der Waals surface area contributed by atoms with E-state index in [0.29, 0.717) is 5.92 Å². The van der Waals surface area contributed by atoms with Crippen LogP contribution in [0.1, 0.15) is 24.3 Å². The van der Waals surface area contributed by atoms with Crippen LogP contribution in [0.3, 0.4) is 0 Å². The van der Waals surface area contributed by atoms with Gasteiger partial charge in [-0.2, -0.15) is 0 Å². The van der Waals surface area contributed by atoms with Crippen LogP contribution in [-0.4, -0.2) is 10.7 Å². The first kappa shape index (κ1) is 21.5. The van der Waals surface area contributed by atoms with Crippen LogP contribution in [0.25, 0.3) is 49.7 Å². The smallest absolute Gasteiger partial charge is 0.131 e. The molecule has 0 saturated carbocycles. The predicted octanol–water partition coefficient (Wildman–Crippen LogP) is 9.31. The lowest BCUT2D eigenvalue weighted by atomic mass is 9.87. The van der Waals surface area contributed by atoms with Crippen LogP contribution < -0.4 is 4.74 Å². The molecule has 1 aromatic heterocycles. The van der Waals surface area contributed by atoms with Crippen molar-refractivity contribution < 1.29 is 4.74 Å². The van der Waals surface area contributed by atoms with Crippen molar-refractivity contribution in [1.82, 2.24) is 4.57 Å². The minimum atomic E-state index is 0.259. The molecule has 0 saturated heterocycles. The molecule has 2 aliphatic rings. The van der Waals surface area contributed by atoms with Crippen molar-refractivity contribution in [3.8, 4) is 33.7 Å². The second-order valence-electron chi connectivity index (χ2n) is 10.4. The summed E-state index contributed by atoms with van der Waals surface area (Å²) < 4.78 is 8.98. The number of rotatable bonds is 3. The lowest BCUT2D eigenvalue weighted by Gasteiger charge is -2.19. The van der Waals surface area contributed by atoms with Crippen LogP contribution in [0.4, 0.5) is 0 Å². The van der Waals surface area contributed by atoms with E-state index >= 15 is 0 Å². The molecule has 182 valence electrons. The molecule has 0 fully saturated rings. The highest BCUT2D eigenvalue weighted by molar-refractivity contribution is 6.10. The van der Waals surface area contributed by atoms with E-state index in [1.165, 1.54) is 55.3 Å². The number of hydrogen-bond acceptors (Lipinski definition) is 1. The third-order valence-electron chi connectivity index (χ3n) is 8.25. The Morgan fingerprint density at radius 1 is 0.632 bits per heavy atom. The topological polar surface area (TPSA) is 14.2 Å². The van der Waals surface area contributed by atoms with Crippen molar-refractivity contribution in [3.63, 3.8) is 0 Å². The number of nitrogens with zero attached hydrogens (tertiary/aromatic N) is 1. The highest BCUT2D eigenvalue weighted by atomic mass is 16.5. The minimum absolute atomic E-state index is 0.259. The molecule has 38 heavy (non-hydrogen) atoms. The number of aromatic nitrogens is 1. The van der Waals surface area contributed by atoms with Gasteiger partial charge in [-0.1, -0.05) is 103 Å². The van der Waals surface area contributed by atoms with Gasteiger partial charge in [-0.15, -0.1) is 0 Å². The Kier molecular flexibility index (Phi) is 4.81. The van der Waals surface area contributed by atoms with Gasteiger partial charge in [0.05, 0.1) is 11.0 Å². The Bertz CT molecular complexity index is 1840. The van der Waals surface area contributed by atoms with Crippen molar-refractivity contribution >= 4 is 21.8 Å². The highest BCUT2D eigenvalue weighted by Crippen LogP contribution is 2.48. The number of fused-ring (bicyclic) bond motifs is 6. The van der Waals surface area contributed by atoms with Gasteiger partial charge in [-0.05, 0) is 53.8 Å². The molecule has 2 heteroatoms. The Morgan fingerprint density at radius 3 is 2.29 bits per heavy atom. The zero-order chi connectivity index (χ0) is 25.1. The quantitative estimate of drug-likeness (QED) is 0.226. The molecule has 0 N–H and O–H groups in total.